The van der Waals surface area contributed by atoms with Gasteiger partial charge in [-0.2, -0.15) is 26.3 Å². The summed E-state index contributed by atoms with van der Waals surface area (Å²) in [7, 11) is 0.882. The van der Waals surface area contributed by atoms with Crippen molar-refractivity contribution in [1.82, 2.24) is 0 Å². The number of amides is 1. The molecule has 1 amide bonds. The number of alkyl halides is 6. The van der Waals surface area contributed by atoms with Gasteiger partial charge >= 0.3 is 23.9 Å². The smallest absolute Gasteiger partial charge is 0.416 e. The number of ether oxygens (including phenoxy) is 1. The number of nitrogens with zero attached hydrogens (tertiary/aromatic N) is 1. The maximum absolute atomic E-state index is 15.3. The molecule has 4 rings (SSSR count). The van der Waals surface area contributed by atoms with Gasteiger partial charge in [-0.1, -0.05) is 0 Å². The average Bonchev–Trinajstić information content (AvgIpc) is 3.50. The SMILES string of the molecule is CN(C(=O)C(O)(F)C(F)(F)C1(c2cc(C(F)(F)F)ccc2F)CC1)c1ccc2c(c1)COC2=O. The van der Waals surface area contributed by atoms with Crippen LogP contribution in [0, 0.1) is 5.82 Å². The molecule has 0 aromatic heterocycles. The molecule has 1 aliphatic carbocycles. The topological polar surface area (TPSA) is 66.8 Å². The number of hydrogen-bond donors (Lipinski definition) is 1. The number of cyclic esters (lactones) is 1. The van der Waals surface area contributed by atoms with E-state index < -0.39 is 65.0 Å². The first-order chi connectivity index (χ1) is 15.6. The molecule has 1 unspecified atom stereocenters. The first-order valence-corrected chi connectivity index (χ1v) is 9.88. The van der Waals surface area contributed by atoms with Crippen molar-refractivity contribution in [3.05, 3.63) is 64.5 Å². The van der Waals surface area contributed by atoms with Gasteiger partial charge in [0, 0.05) is 23.9 Å². The highest BCUT2D eigenvalue weighted by Crippen LogP contribution is 2.63. The van der Waals surface area contributed by atoms with E-state index in [2.05, 4.69) is 0 Å². The second-order valence-corrected chi connectivity index (χ2v) is 8.25. The Kier molecular flexibility index (Phi) is 5.24. The maximum Gasteiger partial charge on any atom is 0.416 e. The molecule has 1 aliphatic heterocycles. The van der Waals surface area contributed by atoms with E-state index in [0.717, 1.165) is 13.1 Å². The van der Waals surface area contributed by atoms with Crippen molar-refractivity contribution in [3.63, 3.8) is 0 Å². The van der Waals surface area contributed by atoms with E-state index in [0.29, 0.717) is 22.6 Å². The lowest BCUT2D eigenvalue weighted by molar-refractivity contribution is -0.254. The van der Waals surface area contributed by atoms with E-state index in [4.69, 9.17) is 4.74 Å². The number of rotatable bonds is 5. The largest absolute Gasteiger partial charge is 0.457 e. The number of esters is 1. The molecule has 182 valence electrons. The minimum atomic E-state index is -4.99. The van der Waals surface area contributed by atoms with Crippen LogP contribution in [-0.2, 0) is 27.7 Å². The standard InChI is InChI=1S/C22H16F7NO4/c1-30(13-3-4-14-11(8-13)10-34-17(14)31)18(32)20(24,33)22(28,29)19(6-7-19)15-9-12(21(25,26)27)2-5-16(15)23/h2-5,8-9,33H,6-7,10H2,1H3. The summed E-state index contributed by atoms with van der Waals surface area (Å²) < 4.78 is 104. The van der Waals surface area contributed by atoms with Crippen molar-refractivity contribution < 1.29 is 50.2 Å². The number of anilines is 1. The molecule has 5 nitrogen and oxygen atoms in total. The highest BCUT2D eigenvalue weighted by Gasteiger charge is 2.76. The number of carbonyl (C=O) groups excluding carboxylic acids is 2. The summed E-state index contributed by atoms with van der Waals surface area (Å²) in [6, 6.07) is 4.36. The molecule has 34 heavy (non-hydrogen) atoms. The molecule has 1 heterocycles. The lowest BCUT2D eigenvalue weighted by Crippen LogP contribution is -2.61. The van der Waals surface area contributed by atoms with Crippen LogP contribution < -0.4 is 4.90 Å². The molecule has 0 spiro atoms. The average molecular weight is 491 g/mol. The van der Waals surface area contributed by atoms with Crippen molar-refractivity contribution in [1.29, 1.82) is 0 Å². The van der Waals surface area contributed by atoms with E-state index in [1.807, 2.05) is 0 Å². The fourth-order valence-electron chi connectivity index (χ4n) is 4.07. The third kappa shape index (κ3) is 3.42. The van der Waals surface area contributed by atoms with Crippen molar-refractivity contribution in [2.75, 3.05) is 11.9 Å². The summed E-state index contributed by atoms with van der Waals surface area (Å²) in [5.41, 5.74) is -5.16. The molecule has 1 atom stereocenters. The first-order valence-electron chi connectivity index (χ1n) is 9.88. The van der Waals surface area contributed by atoms with Crippen LogP contribution in [0.3, 0.4) is 0 Å². The van der Waals surface area contributed by atoms with Gasteiger partial charge < -0.3 is 14.7 Å². The summed E-state index contributed by atoms with van der Waals surface area (Å²) in [5.74, 6) is -14.1. The van der Waals surface area contributed by atoms with Crippen LogP contribution in [0.2, 0.25) is 0 Å². The van der Waals surface area contributed by atoms with Gasteiger partial charge in [0.2, 0.25) is 0 Å². The van der Waals surface area contributed by atoms with Crippen LogP contribution in [0.4, 0.5) is 36.4 Å². The van der Waals surface area contributed by atoms with Gasteiger partial charge in [0.25, 0.3) is 5.91 Å². The van der Waals surface area contributed by atoms with Gasteiger partial charge in [-0.05, 0) is 49.2 Å². The van der Waals surface area contributed by atoms with Crippen molar-refractivity contribution >= 4 is 17.6 Å². The van der Waals surface area contributed by atoms with Crippen molar-refractivity contribution in [2.24, 2.45) is 0 Å². The number of hydrogen-bond acceptors (Lipinski definition) is 4. The number of benzene rings is 2. The molecule has 2 aromatic rings. The predicted molar refractivity (Wildman–Crippen MR) is 102 cm³/mol. The summed E-state index contributed by atoms with van der Waals surface area (Å²) in [6.07, 6.45) is -6.33. The molecule has 0 bridgehead atoms. The summed E-state index contributed by atoms with van der Waals surface area (Å²) >= 11 is 0. The Bertz CT molecular complexity index is 1190. The molecule has 1 N–H and O–H groups in total. The van der Waals surface area contributed by atoms with E-state index in [-0.39, 0.29) is 23.9 Å². The van der Waals surface area contributed by atoms with Gasteiger partial charge in [-0.3, -0.25) is 4.79 Å². The third-order valence-corrected chi connectivity index (χ3v) is 6.22. The molecular formula is C22H16F7NO4. The third-order valence-electron chi connectivity index (χ3n) is 6.22. The maximum atomic E-state index is 15.3. The van der Waals surface area contributed by atoms with Crippen LogP contribution in [0.25, 0.3) is 0 Å². The molecule has 0 radical (unpaired) electrons. The van der Waals surface area contributed by atoms with Gasteiger partial charge in [-0.15, -0.1) is 0 Å². The fourth-order valence-corrected chi connectivity index (χ4v) is 4.07. The minimum Gasteiger partial charge on any atom is -0.457 e. The van der Waals surface area contributed by atoms with Crippen LogP contribution in [-0.4, -0.2) is 35.8 Å². The Balaban J connectivity index is 1.69. The van der Waals surface area contributed by atoms with E-state index in [1.54, 1.807) is 0 Å². The number of carbonyl (C=O) groups is 2. The quantitative estimate of drug-likeness (QED) is 0.494. The summed E-state index contributed by atoms with van der Waals surface area (Å²) in [6.45, 7) is -0.169. The molecular weight excluding hydrogens is 475 g/mol. The van der Waals surface area contributed by atoms with Gasteiger partial charge in [0.15, 0.2) is 0 Å². The predicted octanol–water partition coefficient (Wildman–Crippen LogP) is 4.50. The number of likely N-dealkylation sites (N-methyl/N-ethyl adjacent to an activating group) is 1. The number of fused-ring (bicyclic) bond motifs is 1. The molecule has 0 saturated heterocycles. The van der Waals surface area contributed by atoms with Crippen LogP contribution in [0.15, 0.2) is 36.4 Å². The van der Waals surface area contributed by atoms with Gasteiger partial charge in [0.05, 0.1) is 16.5 Å². The molecule has 2 aromatic carbocycles. The molecule has 1 fully saturated rings. The van der Waals surface area contributed by atoms with Gasteiger partial charge in [-0.25, -0.2) is 9.18 Å². The second-order valence-electron chi connectivity index (χ2n) is 8.25. The molecule has 1 saturated carbocycles. The van der Waals surface area contributed by atoms with E-state index in [9.17, 15) is 32.3 Å². The Hall–Kier alpha value is -3.15. The van der Waals surface area contributed by atoms with Crippen LogP contribution in [0.1, 0.15) is 39.9 Å². The van der Waals surface area contributed by atoms with Crippen molar-refractivity contribution in [2.45, 2.75) is 42.8 Å². The fraction of sp³-hybridized carbons (Fsp3) is 0.364. The number of halogens is 7. The van der Waals surface area contributed by atoms with Crippen LogP contribution >= 0.6 is 0 Å². The minimum absolute atomic E-state index is 0.137. The lowest BCUT2D eigenvalue weighted by Gasteiger charge is -2.36. The Labute approximate surface area is 187 Å². The van der Waals surface area contributed by atoms with Crippen molar-refractivity contribution in [3.8, 4) is 0 Å². The monoisotopic (exact) mass is 491 g/mol. The zero-order valence-corrected chi connectivity index (χ0v) is 17.4. The normalized spacial score (nSPS) is 18.7. The Morgan fingerprint density at radius 1 is 1.06 bits per heavy atom. The van der Waals surface area contributed by atoms with E-state index in [1.165, 1.54) is 12.1 Å². The van der Waals surface area contributed by atoms with Gasteiger partial charge in [0.1, 0.15) is 12.4 Å². The number of aliphatic hydroxyl groups is 1. The molecule has 12 heteroatoms. The Morgan fingerprint density at radius 2 is 1.71 bits per heavy atom. The highest BCUT2D eigenvalue weighted by atomic mass is 19.4. The zero-order valence-electron chi connectivity index (χ0n) is 17.4. The summed E-state index contributed by atoms with van der Waals surface area (Å²) in [4.78, 5) is 24.5. The lowest BCUT2D eigenvalue weighted by atomic mass is 9.83. The molecule has 2 aliphatic rings. The zero-order chi connectivity index (χ0) is 25.3. The van der Waals surface area contributed by atoms with Crippen LogP contribution in [0.5, 0.6) is 0 Å². The summed E-state index contributed by atoms with van der Waals surface area (Å²) in [5, 5.41) is 10.1. The first kappa shape index (κ1) is 24.0. The van der Waals surface area contributed by atoms with E-state index >= 15 is 13.2 Å². The Morgan fingerprint density at radius 3 is 2.29 bits per heavy atom. The highest BCUT2D eigenvalue weighted by molar-refractivity contribution is 6.00. The second kappa shape index (κ2) is 7.42.